The molecule has 1 aromatic heterocycles. The maximum Gasteiger partial charge on any atom is 0.303 e. The number of nitrogens with zero attached hydrogens (tertiary/aromatic N) is 2. The van der Waals surface area contributed by atoms with E-state index in [9.17, 15) is 4.79 Å². The van der Waals surface area contributed by atoms with Crippen molar-refractivity contribution in [1.82, 2.24) is 9.97 Å². The summed E-state index contributed by atoms with van der Waals surface area (Å²) in [5.74, 6) is -0.126. The third-order valence-corrected chi connectivity index (χ3v) is 2.97. The molecule has 0 aliphatic rings. The number of aliphatic carboxylic acids is 1. The van der Waals surface area contributed by atoms with E-state index in [1.165, 1.54) is 5.56 Å². The highest BCUT2D eigenvalue weighted by Crippen LogP contribution is 2.20. The third-order valence-electron chi connectivity index (χ3n) is 2.97. The van der Waals surface area contributed by atoms with Crippen LogP contribution in [0.1, 0.15) is 23.1 Å². The maximum absolute atomic E-state index is 10.5. The van der Waals surface area contributed by atoms with Crippen molar-refractivity contribution in [2.24, 2.45) is 0 Å². The van der Waals surface area contributed by atoms with Crippen LogP contribution in [0.3, 0.4) is 0 Å². The molecule has 19 heavy (non-hydrogen) atoms. The average molecular weight is 256 g/mol. The molecule has 2 aromatic rings. The van der Waals surface area contributed by atoms with Crippen molar-refractivity contribution < 1.29 is 9.90 Å². The predicted molar refractivity (Wildman–Crippen MR) is 72.9 cm³/mol. The van der Waals surface area contributed by atoms with Crippen molar-refractivity contribution >= 4 is 5.97 Å². The Kier molecular flexibility index (Phi) is 3.90. The van der Waals surface area contributed by atoms with E-state index < -0.39 is 5.97 Å². The van der Waals surface area contributed by atoms with Crippen LogP contribution in [0.5, 0.6) is 0 Å². The highest BCUT2D eigenvalue weighted by molar-refractivity contribution is 5.67. The second-order valence-corrected chi connectivity index (χ2v) is 4.63. The summed E-state index contributed by atoms with van der Waals surface area (Å²) in [5, 5.41) is 8.63. The van der Waals surface area contributed by atoms with Crippen molar-refractivity contribution in [3.63, 3.8) is 0 Å². The number of benzene rings is 1. The molecule has 0 radical (unpaired) electrons. The largest absolute Gasteiger partial charge is 0.481 e. The van der Waals surface area contributed by atoms with E-state index in [-0.39, 0.29) is 6.42 Å². The van der Waals surface area contributed by atoms with Crippen LogP contribution in [0.4, 0.5) is 0 Å². The Hall–Kier alpha value is -2.23. The molecule has 0 saturated carbocycles. The minimum absolute atomic E-state index is 0.103. The number of hydrogen-bond donors (Lipinski definition) is 1. The van der Waals surface area contributed by atoms with Gasteiger partial charge in [0.1, 0.15) is 0 Å². The van der Waals surface area contributed by atoms with Gasteiger partial charge in [-0.3, -0.25) is 4.79 Å². The van der Waals surface area contributed by atoms with Gasteiger partial charge in [0.25, 0.3) is 0 Å². The van der Waals surface area contributed by atoms with Crippen molar-refractivity contribution in [1.29, 1.82) is 0 Å². The van der Waals surface area contributed by atoms with E-state index in [4.69, 9.17) is 5.11 Å². The fourth-order valence-corrected chi connectivity index (χ4v) is 1.85. The summed E-state index contributed by atoms with van der Waals surface area (Å²) in [5.41, 5.74) is 4.16. The van der Waals surface area contributed by atoms with Gasteiger partial charge in [0, 0.05) is 24.4 Å². The van der Waals surface area contributed by atoms with E-state index in [0.29, 0.717) is 12.2 Å². The quantitative estimate of drug-likeness (QED) is 0.913. The van der Waals surface area contributed by atoms with Crippen LogP contribution in [0.2, 0.25) is 0 Å². The summed E-state index contributed by atoms with van der Waals surface area (Å²) in [6.45, 7) is 4.06. The summed E-state index contributed by atoms with van der Waals surface area (Å²) < 4.78 is 0. The summed E-state index contributed by atoms with van der Waals surface area (Å²) in [7, 11) is 0. The van der Waals surface area contributed by atoms with Gasteiger partial charge < -0.3 is 5.11 Å². The number of carboxylic acids is 1. The molecule has 0 atom stereocenters. The van der Waals surface area contributed by atoms with Crippen molar-refractivity contribution in [2.75, 3.05) is 0 Å². The Morgan fingerprint density at radius 1 is 1.21 bits per heavy atom. The minimum atomic E-state index is -0.807. The first kappa shape index (κ1) is 13.2. The lowest BCUT2D eigenvalue weighted by molar-refractivity contribution is -0.136. The van der Waals surface area contributed by atoms with Crippen LogP contribution in [-0.4, -0.2) is 21.0 Å². The van der Waals surface area contributed by atoms with Gasteiger partial charge in [-0.2, -0.15) is 0 Å². The molecule has 0 unspecified atom stereocenters. The Bertz CT molecular complexity index is 592. The van der Waals surface area contributed by atoms with Gasteiger partial charge in [-0.1, -0.05) is 17.7 Å². The van der Waals surface area contributed by atoms with Gasteiger partial charge in [0.05, 0.1) is 0 Å². The molecule has 0 amide bonds. The number of carbonyl (C=O) groups is 1. The van der Waals surface area contributed by atoms with Crippen molar-refractivity contribution in [3.05, 3.63) is 47.3 Å². The zero-order chi connectivity index (χ0) is 13.8. The summed E-state index contributed by atoms with van der Waals surface area (Å²) in [6.07, 6.45) is 3.97. The molecule has 4 heteroatoms. The molecular formula is C15H16N2O2. The first-order valence-electron chi connectivity index (χ1n) is 6.16. The second kappa shape index (κ2) is 5.61. The summed E-state index contributed by atoms with van der Waals surface area (Å²) in [4.78, 5) is 19.2. The number of carboxylic acid groups (broad SMARTS) is 1. The van der Waals surface area contributed by atoms with Crippen LogP contribution >= 0.6 is 0 Å². The topological polar surface area (TPSA) is 63.1 Å². The fourth-order valence-electron chi connectivity index (χ4n) is 1.85. The van der Waals surface area contributed by atoms with E-state index in [1.807, 2.05) is 19.9 Å². The Labute approximate surface area is 112 Å². The Morgan fingerprint density at radius 2 is 1.89 bits per heavy atom. The maximum atomic E-state index is 10.5. The predicted octanol–water partition coefficient (Wildman–Crippen LogP) is 2.78. The van der Waals surface area contributed by atoms with Gasteiger partial charge in [-0.25, -0.2) is 9.97 Å². The van der Waals surface area contributed by atoms with Crippen LogP contribution in [0.25, 0.3) is 11.4 Å². The number of aryl methyl sites for hydroxylation is 3. The Morgan fingerprint density at radius 3 is 2.53 bits per heavy atom. The summed E-state index contributed by atoms with van der Waals surface area (Å²) in [6, 6.07) is 6.16. The molecule has 1 N–H and O–H groups in total. The van der Waals surface area contributed by atoms with Crippen LogP contribution < -0.4 is 0 Å². The van der Waals surface area contributed by atoms with E-state index in [0.717, 1.165) is 16.7 Å². The molecule has 1 heterocycles. The highest BCUT2D eigenvalue weighted by atomic mass is 16.4. The Balaban J connectivity index is 2.22. The lowest BCUT2D eigenvalue weighted by atomic mass is 10.0. The molecule has 0 fully saturated rings. The average Bonchev–Trinajstić information content (AvgIpc) is 2.40. The molecule has 4 nitrogen and oxygen atoms in total. The molecular weight excluding hydrogens is 240 g/mol. The standard InChI is InChI=1S/C15H16N2O2/c1-10-3-4-11(2)13(7-10)15-16-8-12(9-17-15)5-6-14(18)19/h3-4,7-9H,5-6H2,1-2H3,(H,18,19). The molecule has 0 aliphatic heterocycles. The normalized spacial score (nSPS) is 10.4. The van der Waals surface area contributed by atoms with Crippen molar-refractivity contribution in [3.8, 4) is 11.4 Å². The third kappa shape index (κ3) is 3.37. The van der Waals surface area contributed by atoms with Gasteiger partial charge >= 0.3 is 5.97 Å². The lowest BCUT2D eigenvalue weighted by Gasteiger charge is -2.06. The molecule has 0 spiro atoms. The number of rotatable bonds is 4. The van der Waals surface area contributed by atoms with Crippen LogP contribution in [-0.2, 0) is 11.2 Å². The smallest absolute Gasteiger partial charge is 0.303 e. The lowest BCUT2D eigenvalue weighted by Crippen LogP contribution is -1.99. The number of hydrogen-bond acceptors (Lipinski definition) is 3. The van der Waals surface area contributed by atoms with Gasteiger partial charge in [0.15, 0.2) is 5.82 Å². The molecule has 98 valence electrons. The number of aromatic nitrogens is 2. The van der Waals surface area contributed by atoms with E-state index in [2.05, 4.69) is 22.1 Å². The van der Waals surface area contributed by atoms with Gasteiger partial charge in [-0.15, -0.1) is 0 Å². The van der Waals surface area contributed by atoms with Crippen molar-refractivity contribution in [2.45, 2.75) is 26.7 Å². The van der Waals surface area contributed by atoms with E-state index in [1.54, 1.807) is 12.4 Å². The first-order valence-corrected chi connectivity index (χ1v) is 6.16. The van der Waals surface area contributed by atoms with Gasteiger partial charge in [0.2, 0.25) is 0 Å². The molecule has 2 rings (SSSR count). The van der Waals surface area contributed by atoms with Gasteiger partial charge in [-0.05, 0) is 37.5 Å². The van der Waals surface area contributed by atoms with Crippen LogP contribution in [0, 0.1) is 13.8 Å². The molecule has 0 bridgehead atoms. The minimum Gasteiger partial charge on any atom is -0.481 e. The SMILES string of the molecule is Cc1ccc(C)c(-c2ncc(CCC(=O)O)cn2)c1. The summed E-state index contributed by atoms with van der Waals surface area (Å²) >= 11 is 0. The zero-order valence-electron chi connectivity index (χ0n) is 11.1. The highest BCUT2D eigenvalue weighted by Gasteiger charge is 2.06. The van der Waals surface area contributed by atoms with Crippen LogP contribution in [0.15, 0.2) is 30.6 Å². The first-order chi connectivity index (χ1) is 9.06. The molecule has 0 saturated heterocycles. The molecule has 0 aliphatic carbocycles. The monoisotopic (exact) mass is 256 g/mol. The zero-order valence-corrected chi connectivity index (χ0v) is 11.1. The molecule has 1 aromatic carbocycles. The van der Waals surface area contributed by atoms with E-state index >= 15 is 0 Å². The second-order valence-electron chi connectivity index (χ2n) is 4.63. The fraction of sp³-hybridized carbons (Fsp3) is 0.267.